The van der Waals surface area contributed by atoms with E-state index in [1.54, 1.807) is 4.98 Å². The first-order valence-electron chi connectivity index (χ1n) is 2.34. The normalized spacial score (nSPS) is 9.17. The molecule has 12 heavy (non-hydrogen) atoms. The molecule has 0 saturated heterocycles. The Kier molecular flexibility index (Phi) is 4.57. The van der Waals surface area contributed by atoms with Crippen LogP contribution in [-0.4, -0.2) is 50.9 Å². The maximum Gasteiger partial charge on any atom is 2.00 e. The van der Waals surface area contributed by atoms with Gasteiger partial charge in [-0.25, -0.2) is 14.4 Å². The standard InChI is InChI=1S/C3HCl2N3O3.Ca.2H/c4-7-1(9)6-2(10)8(5)3(7)11;;;/h(H,6,9,10);;;/q;+2;2*-1. The van der Waals surface area contributed by atoms with Crippen LogP contribution in [0, 0.1) is 0 Å². The minimum Gasteiger partial charge on any atom is -1.00 e. The second kappa shape index (κ2) is 4.48. The molecule has 0 fully saturated rings. The third-order valence-electron chi connectivity index (χ3n) is 0.906. The van der Waals surface area contributed by atoms with Crippen LogP contribution in [0.5, 0.6) is 0 Å². The van der Waals surface area contributed by atoms with Gasteiger partial charge in [0.25, 0.3) is 0 Å². The fourth-order valence-electron chi connectivity index (χ4n) is 0.440. The molecule has 0 aliphatic rings. The fourth-order valence-corrected chi connectivity index (χ4v) is 0.715. The maximum atomic E-state index is 10.7. The van der Waals surface area contributed by atoms with E-state index < -0.39 is 17.1 Å². The van der Waals surface area contributed by atoms with Crippen LogP contribution in [0.4, 0.5) is 0 Å². The van der Waals surface area contributed by atoms with Crippen LogP contribution in [-0.2, 0) is 0 Å². The van der Waals surface area contributed by atoms with Gasteiger partial charge < -0.3 is 2.85 Å². The van der Waals surface area contributed by atoms with Crippen LogP contribution < -0.4 is 17.1 Å². The summed E-state index contributed by atoms with van der Waals surface area (Å²) < 4.78 is 0.322. The summed E-state index contributed by atoms with van der Waals surface area (Å²) in [6.07, 6.45) is 0. The summed E-state index contributed by atoms with van der Waals surface area (Å²) in [5.74, 6) is 0. The zero-order chi connectivity index (χ0) is 8.59. The van der Waals surface area contributed by atoms with E-state index in [0.29, 0.717) is 0 Å². The molecule has 1 aromatic rings. The number of aromatic amines is 1. The molecule has 64 valence electrons. The van der Waals surface area contributed by atoms with E-state index in [9.17, 15) is 14.4 Å². The molecular formula is C3H3CaCl2N3O3. The number of H-pyrrole nitrogens is 1. The smallest absolute Gasteiger partial charge is 1.00 e. The first-order valence-corrected chi connectivity index (χ1v) is 3.02. The molecule has 0 bridgehead atoms. The second-order valence-electron chi connectivity index (χ2n) is 1.58. The summed E-state index contributed by atoms with van der Waals surface area (Å²) in [6.45, 7) is 0. The largest absolute Gasteiger partial charge is 2.00 e. The van der Waals surface area contributed by atoms with Crippen molar-refractivity contribution in [2.45, 2.75) is 0 Å². The summed E-state index contributed by atoms with van der Waals surface area (Å²) in [7, 11) is 0. The molecule has 1 rings (SSSR count). The SMILES string of the molecule is O=c1[nH]c(=O)n(Cl)c(=O)n1Cl.[Ca+2].[H-].[H-]. The van der Waals surface area contributed by atoms with Gasteiger partial charge in [0.15, 0.2) is 0 Å². The molecule has 0 unspecified atom stereocenters. The van der Waals surface area contributed by atoms with Crippen molar-refractivity contribution in [3.05, 3.63) is 31.5 Å². The van der Waals surface area contributed by atoms with Gasteiger partial charge in [0.2, 0.25) is 0 Å². The number of nitrogens with one attached hydrogen (secondary N) is 1. The first-order chi connectivity index (χ1) is 5.04. The van der Waals surface area contributed by atoms with E-state index in [-0.39, 0.29) is 48.8 Å². The number of nitrogens with zero attached hydrogens (tertiary/aromatic N) is 2. The van der Waals surface area contributed by atoms with Crippen LogP contribution in [0.1, 0.15) is 2.85 Å². The molecule has 0 aliphatic heterocycles. The summed E-state index contributed by atoms with van der Waals surface area (Å²) >= 11 is 10.1. The molecular weight excluding hydrogens is 237 g/mol. The molecule has 0 saturated carbocycles. The Morgan fingerprint density at radius 3 is 1.75 bits per heavy atom. The quantitative estimate of drug-likeness (QED) is 0.563. The Labute approximate surface area is 108 Å². The van der Waals surface area contributed by atoms with Gasteiger partial charge in [-0.3, -0.25) is 4.98 Å². The second-order valence-corrected chi connectivity index (χ2v) is 2.26. The van der Waals surface area contributed by atoms with E-state index in [4.69, 9.17) is 23.6 Å². The first kappa shape index (κ1) is 12.2. The molecule has 0 amide bonds. The summed E-state index contributed by atoms with van der Waals surface area (Å²) in [5, 5.41) is 0. The molecule has 0 spiro atoms. The molecule has 1 aromatic heterocycles. The molecule has 0 atom stereocenters. The van der Waals surface area contributed by atoms with Gasteiger partial charge in [0.05, 0.1) is 0 Å². The van der Waals surface area contributed by atoms with Gasteiger partial charge in [0.1, 0.15) is 0 Å². The Balaban J connectivity index is -0.000000403. The molecule has 1 heterocycles. The van der Waals surface area contributed by atoms with Crippen molar-refractivity contribution in [3.63, 3.8) is 0 Å². The number of halogens is 2. The van der Waals surface area contributed by atoms with Gasteiger partial charge in [-0.15, -0.1) is 8.17 Å². The molecule has 0 radical (unpaired) electrons. The van der Waals surface area contributed by atoms with Crippen molar-refractivity contribution in [3.8, 4) is 0 Å². The molecule has 9 heteroatoms. The van der Waals surface area contributed by atoms with Gasteiger partial charge in [-0.2, -0.15) is 0 Å². The van der Waals surface area contributed by atoms with Crippen LogP contribution in [0.3, 0.4) is 0 Å². The van der Waals surface area contributed by atoms with Crippen molar-refractivity contribution in [2.24, 2.45) is 0 Å². The summed E-state index contributed by atoms with van der Waals surface area (Å²) in [5.41, 5.74) is -3.13. The van der Waals surface area contributed by atoms with Crippen molar-refractivity contribution < 1.29 is 2.85 Å². The molecule has 0 aromatic carbocycles. The van der Waals surface area contributed by atoms with Gasteiger partial charge >= 0.3 is 54.8 Å². The van der Waals surface area contributed by atoms with Crippen molar-refractivity contribution >= 4 is 61.3 Å². The average molecular weight is 240 g/mol. The monoisotopic (exact) mass is 239 g/mol. The maximum absolute atomic E-state index is 10.7. The van der Waals surface area contributed by atoms with E-state index in [1.807, 2.05) is 0 Å². The number of hydrogen-bond acceptors (Lipinski definition) is 3. The van der Waals surface area contributed by atoms with Crippen LogP contribution in [0.25, 0.3) is 0 Å². The van der Waals surface area contributed by atoms with Crippen molar-refractivity contribution in [1.29, 1.82) is 0 Å². The Hall–Kier alpha value is 0.250. The molecule has 0 aliphatic carbocycles. The topological polar surface area (TPSA) is 76.9 Å². The van der Waals surface area contributed by atoms with Crippen LogP contribution >= 0.6 is 23.6 Å². The Bertz CT molecular complexity index is 416. The fraction of sp³-hybridized carbons (Fsp3) is 0. The summed E-state index contributed by atoms with van der Waals surface area (Å²) in [4.78, 5) is 33.4. The number of aromatic nitrogens is 3. The van der Waals surface area contributed by atoms with Crippen LogP contribution in [0.15, 0.2) is 14.4 Å². The zero-order valence-corrected chi connectivity index (χ0v) is 9.30. The van der Waals surface area contributed by atoms with E-state index in [0.717, 1.165) is 0 Å². The molecule has 1 N–H and O–H groups in total. The summed E-state index contributed by atoms with van der Waals surface area (Å²) in [6, 6.07) is 0. The van der Waals surface area contributed by atoms with Crippen molar-refractivity contribution in [2.75, 3.05) is 0 Å². The van der Waals surface area contributed by atoms with Crippen LogP contribution in [0.2, 0.25) is 0 Å². The Morgan fingerprint density at radius 1 is 1.08 bits per heavy atom. The third-order valence-corrected chi connectivity index (χ3v) is 1.50. The minimum absolute atomic E-state index is 0. The Morgan fingerprint density at radius 2 is 1.42 bits per heavy atom. The molecule has 6 nitrogen and oxygen atoms in total. The zero-order valence-electron chi connectivity index (χ0n) is 7.58. The minimum atomic E-state index is -1.10. The van der Waals surface area contributed by atoms with E-state index >= 15 is 0 Å². The van der Waals surface area contributed by atoms with E-state index in [1.165, 1.54) is 0 Å². The third kappa shape index (κ3) is 2.14. The van der Waals surface area contributed by atoms with Gasteiger partial charge in [-0.1, -0.05) is 0 Å². The van der Waals surface area contributed by atoms with Gasteiger partial charge in [-0.05, 0) is 0 Å². The number of hydrogen-bond donors (Lipinski definition) is 1. The van der Waals surface area contributed by atoms with Gasteiger partial charge in [0, 0.05) is 23.6 Å². The number of rotatable bonds is 0. The average Bonchev–Trinajstić information content (AvgIpc) is 1.97. The van der Waals surface area contributed by atoms with Crippen molar-refractivity contribution in [1.82, 2.24) is 13.2 Å². The predicted molar refractivity (Wildman–Crippen MR) is 46.1 cm³/mol. The predicted octanol–water partition coefficient (Wildman–Crippen LogP) is -1.45. The van der Waals surface area contributed by atoms with E-state index in [2.05, 4.69) is 0 Å².